The molecule has 0 aromatic carbocycles. The van der Waals surface area contributed by atoms with Crippen molar-refractivity contribution < 1.29 is 4.79 Å². The molecule has 0 aromatic rings. The summed E-state index contributed by atoms with van der Waals surface area (Å²) in [6, 6.07) is 2.78. The van der Waals surface area contributed by atoms with E-state index in [1.807, 2.05) is 0 Å². The SMILES string of the molecule is N#CC(C#N)=N[C@H](C#N)C(N)=O. The second-order valence-corrected chi connectivity index (χ2v) is 1.64. The van der Waals surface area contributed by atoms with E-state index >= 15 is 0 Å². The Morgan fingerprint density at radius 2 is 1.83 bits per heavy atom. The zero-order chi connectivity index (χ0) is 9.56. The molecule has 0 unspecified atom stereocenters. The molecule has 12 heavy (non-hydrogen) atoms. The highest BCUT2D eigenvalue weighted by Gasteiger charge is 2.12. The first kappa shape index (κ1) is 9.61. The predicted octanol–water partition coefficient (Wildman–Crippen LogP) is -1.15. The van der Waals surface area contributed by atoms with Crippen molar-refractivity contribution in [3.05, 3.63) is 0 Å². The molecule has 0 radical (unpaired) electrons. The van der Waals surface area contributed by atoms with Gasteiger partial charge in [-0.25, -0.2) is 4.99 Å². The highest BCUT2D eigenvalue weighted by molar-refractivity contribution is 6.11. The Bertz CT molecular complexity index is 320. The molecule has 0 bridgehead atoms. The smallest absolute Gasteiger partial charge is 0.256 e. The van der Waals surface area contributed by atoms with Crippen molar-refractivity contribution in [3.8, 4) is 18.2 Å². The molecule has 0 heterocycles. The van der Waals surface area contributed by atoms with Gasteiger partial charge in [-0.05, 0) is 0 Å². The molecule has 1 amide bonds. The molecular weight excluding hydrogens is 158 g/mol. The fraction of sp³-hybridized carbons (Fsp3) is 0.167. The number of nitriles is 3. The molecule has 0 aliphatic carbocycles. The number of rotatable bonds is 2. The van der Waals surface area contributed by atoms with E-state index < -0.39 is 17.7 Å². The van der Waals surface area contributed by atoms with Crippen LogP contribution in [-0.4, -0.2) is 17.7 Å². The van der Waals surface area contributed by atoms with Gasteiger partial charge >= 0.3 is 0 Å². The van der Waals surface area contributed by atoms with E-state index in [9.17, 15) is 4.79 Å². The molecule has 2 N–H and O–H groups in total. The number of hydrogen-bond donors (Lipinski definition) is 1. The van der Waals surface area contributed by atoms with E-state index in [-0.39, 0.29) is 0 Å². The van der Waals surface area contributed by atoms with Gasteiger partial charge in [0, 0.05) is 0 Å². The maximum Gasteiger partial charge on any atom is 0.256 e. The van der Waals surface area contributed by atoms with Crippen molar-refractivity contribution in [1.82, 2.24) is 0 Å². The number of carbonyl (C=O) groups is 1. The summed E-state index contributed by atoms with van der Waals surface area (Å²) in [7, 11) is 0. The summed E-state index contributed by atoms with van der Waals surface area (Å²) in [6.45, 7) is 0. The standard InChI is InChI=1S/C6H3N5O/c7-1-4(2-8)11-5(3-9)6(10)12/h5H,(H2,10,12)/t5-/m1/s1. The molecule has 6 nitrogen and oxygen atoms in total. The minimum Gasteiger partial charge on any atom is -0.367 e. The van der Waals surface area contributed by atoms with Crippen molar-refractivity contribution in [2.45, 2.75) is 6.04 Å². The lowest BCUT2D eigenvalue weighted by molar-refractivity contribution is -0.118. The number of primary amides is 1. The van der Waals surface area contributed by atoms with Crippen molar-refractivity contribution >= 4 is 11.6 Å². The lowest BCUT2D eigenvalue weighted by Gasteiger charge is -1.93. The van der Waals surface area contributed by atoms with Gasteiger partial charge in [-0.15, -0.1) is 0 Å². The second kappa shape index (κ2) is 4.43. The quantitative estimate of drug-likeness (QED) is 0.513. The van der Waals surface area contributed by atoms with Crippen LogP contribution < -0.4 is 5.73 Å². The highest BCUT2D eigenvalue weighted by Crippen LogP contribution is 1.88. The van der Waals surface area contributed by atoms with Crippen LogP contribution in [-0.2, 0) is 4.79 Å². The third kappa shape index (κ3) is 2.47. The first-order chi connectivity index (χ1) is 5.65. The Balaban J connectivity index is 4.76. The maximum atomic E-state index is 10.4. The molecular formula is C6H3N5O. The molecule has 1 atom stereocenters. The molecule has 0 rings (SSSR count). The van der Waals surface area contributed by atoms with E-state index in [2.05, 4.69) is 4.99 Å². The fourth-order valence-electron chi connectivity index (χ4n) is 0.368. The molecule has 0 aliphatic heterocycles. The fourth-order valence-corrected chi connectivity index (χ4v) is 0.368. The molecule has 0 saturated heterocycles. The van der Waals surface area contributed by atoms with Crippen molar-refractivity contribution in [2.75, 3.05) is 0 Å². The van der Waals surface area contributed by atoms with Gasteiger partial charge in [-0.3, -0.25) is 4.79 Å². The summed E-state index contributed by atoms with van der Waals surface area (Å²) < 4.78 is 0. The molecule has 0 fully saturated rings. The van der Waals surface area contributed by atoms with Gasteiger partial charge in [0.2, 0.25) is 11.8 Å². The topological polar surface area (TPSA) is 127 Å². The van der Waals surface area contributed by atoms with Crippen LogP contribution in [0.15, 0.2) is 4.99 Å². The minimum absolute atomic E-state index is 0.541. The van der Waals surface area contributed by atoms with Crippen LogP contribution in [0.5, 0.6) is 0 Å². The summed E-state index contributed by atoms with van der Waals surface area (Å²) >= 11 is 0. The van der Waals surface area contributed by atoms with Crippen LogP contribution in [0.25, 0.3) is 0 Å². The summed E-state index contributed by atoms with van der Waals surface area (Å²) in [5, 5.41) is 24.6. The molecule has 0 spiro atoms. The van der Waals surface area contributed by atoms with E-state index in [4.69, 9.17) is 21.5 Å². The van der Waals surface area contributed by atoms with Crippen molar-refractivity contribution in [3.63, 3.8) is 0 Å². The number of amides is 1. The van der Waals surface area contributed by atoms with E-state index in [1.54, 1.807) is 0 Å². The first-order valence-electron chi connectivity index (χ1n) is 2.72. The Morgan fingerprint density at radius 1 is 1.33 bits per heavy atom. The average molecular weight is 161 g/mol. The van der Waals surface area contributed by atoms with E-state index in [0.29, 0.717) is 0 Å². The zero-order valence-electron chi connectivity index (χ0n) is 5.85. The number of hydrogen-bond acceptors (Lipinski definition) is 5. The summed E-state index contributed by atoms with van der Waals surface area (Å²) in [5.74, 6) is -0.986. The van der Waals surface area contributed by atoms with E-state index in [1.165, 1.54) is 18.2 Å². The second-order valence-electron chi connectivity index (χ2n) is 1.64. The monoisotopic (exact) mass is 161 g/mol. The lowest BCUT2D eigenvalue weighted by atomic mass is 10.3. The predicted molar refractivity (Wildman–Crippen MR) is 37.3 cm³/mol. The lowest BCUT2D eigenvalue weighted by Crippen LogP contribution is -2.26. The van der Waals surface area contributed by atoms with Crippen LogP contribution in [0.4, 0.5) is 0 Å². The summed E-state index contributed by atoms with van der Waals surface area (Å²) in [6.07, 6.45) is 0. The zero-order valence-corrected chi connectivity index (χ0v) is 5.85. The van der Waals surface area contributed by atoms with Gasteiger partial charge in [0.05, 0.1) is 6.07 Å². The molecule has 0 saturated carbocycles. The van der Waals surface area contributed by atoms with Crippen LogP contribution in [0.1, 0.15) is 0 Å². The van der Waals surface area contributed by atoms with Crippen LogP contribution in [0, 0.1) is 34.0 Å². The highest BCUT2D eigenvalue weighted by atomic mass is 16.1. The first-order valence-corrected chi connectivity index (χ1v) is 2.72. The number of nitrogens with zero attached hydrogens (tertiary/aromatic N) is 4. The molecule has 6 heteroatoms. The van der Waals surface area contributed by atoms with Crippen LogP contribution in [0.2, 0.25) is 0 Å². The Morgan fingerprint density at radius 3 is 2.08 bits per heavy atom. The molecule has 0 aromatic heterocycles. The number of aliphatic imine (C=N–C) groups is 1. The summed E-state index contributed by atoms with van der Waals surface area (Å²) in [4.78, 5) is 13.6. The van der Waals surface area contributed by atoms with Gasteiger partial charge in [0.15, 0.2) is 0 Å². The minimum atomic E-state index is -1.46. The van der Waals surface area contributed by atoms with Crippen LogP contribution in [0.3, 0.4) is 0 Å². The maximum absolute atomic E-state index is 10.4. The van der Waals surface area contributed by atoms with Gasteiger partial charge in [0.25, 0.3) is 5.91 Å². The Labute approximate surface area is 68.1 Å². The van der Waals surface area contributed by atoms with Gasteiger partial charge < -0.3 is 5.73 Å². The largest absolute Gasteiger partial charge is 0.367 e. The Hall–Kier alpha value is -2.39. The number of carbonyl (C=O) groups excluding carboxylic acids is 1. The van der Waals surface area contributed by atoms with Gasteiger partial charge in [-0.1, -0.05) is 0 Å². The summed E-state index contributed by atoms with van der Waals surface area (Å²) in [5.41, 5.74) is 4.18. The molecule has 0 aliphatic rings. The third-order valence-corrected chi connectivity index (χ3v) is 0.862. The average Bonchev–Trinajstić information content (AvgIpc) is 2.06. The molecule has 58 valence electrons. The van der Waals surface area contributed by atoms with Crippen molar-refractivity contribution in [1.29, 1.82) is 15.8 Å². The Kier molecular flexibility index (Phi) is 3.55. The van der Waals surface area contributed by atoms with Gasteiger partial charge in [0.1, 0.15) is 12.1 Å². The van der Waals surface area contributed by atoms with Crippen molar-refractivity contribution in [2.24, 2.45) is 10.7 Å². The normalized spacial score (nSPS) is 9.75. The number of nitrogens with two attached hydrogens (primary N) is 1. The van der Waals surface area contributed by atoms with E-state index in [0.717, 1.165) is 0 Å². The van der Waals surface area contributed by atoms with Crippen LogP contribution >= 0.6 is 0 Å². The van der Waals surface area contributed by atoms with Gasteiger partial charge in [-0.2, -0.15) is 15.8 Å². The third-order valence-electron chi connectivity index (χ3n) is 0.862.